The number of aliphatic hydroxyl groups is 3. The van der Waals surface area contributed by atoms with Crippen LogP contribution >= 0.6 is 11.6 Å². The van der Waals surface area contributed by atoms with Crippen LogP contribution in [-0.4, -0.2) is 65.8 Å². The number of methoxy groups -OCH3 is 1. The molecule has 3 heterocycles. The van der Waals surface area contributed by atoms with Crippen LogP contribution in [0.1, 0.15) is 11.8 Å². The summed E-state index contributed by atoms with van der Waals surface area (Å²) in [4.78, 5) is 12.7. The largest absolute Gasteiger partial charge is 0.497 e. The number of imidazole rings is 1. The molecule has 1 saturated heterocycles. The Morgan fingerprint density at radius 1 is 1.34 bits per heavy atom. The van der Waals surface area contributed by atoms with Gasteiger partial charge in [0.25, 0.3) is 0 Å². The molecule has 1 aliphatic rings. The summed E-state index contributed by atoms with van der Waals surface area (Å²) in [5.74, 6) is 1.23. The van der Waals surface area contributed by atoms with E-state index in [1.54, 1.807) is 7.11 Å². The first-order valence-corrected chi connectivity index (χ1v) is 9.23. The summed E-state index contributed by atoms with van der Waals surface area (Å²) in [6, 6.07) is 7.60. The normalized spacial score (nSPS) is 26.7. The van der Waals surface area contributed by atoms with Crippen molar-refractivity contribution in [2.45, 2.75) is 30.0 Å². The summed E-state index contributed by atoms with van der Waals surface area (Å²) in [6.07, 6.45) is -0.976. The number of benzene rings is 1. The minimum absolute atomic E-state index is 0.350. The van der Waals surface area contributed by atoms with E-state index in [1.165, 1.54) is 17.2 Å². The van der Waals surface area contributed by atoms with Crippen LogP contribution in [0.25, 0.3) is 11.2 Å². The first-order valence-electron chi connectivity index (χ1n) is 8.85. The molecule has 0 saturated carbocycles. The summed E-state index contributed by atoms with van der Waals surface area (Å²) in [5, 5.41) is 31.0. The summed E-state index contributed by atoms with van der Waals surface area (Å²) in [7, 11) is 1.61. The van der Waals surface area contributed by atoms with E-state index in [9.17, 15) is 15.3 Å². The number of halogens is 1. The van der Waals surface area contributed by atoms with Gasteiger partial charge in [-0.2, -0.15) is 0 Å². The van der Waals surface area contributed by atoms with Crippen LogP contribution in [-0.2, 0) is 11.3 Å². The highest BCUT2D eigenvalue weighted by Crippen LogP contribution is 2.42. The fourth-order valence-corrected chi connectivity index (χ4v) is 3.56. The van der Waals surface area contributed by atoms with Gasteiger partial charge in [-0.05, 0) is 17.7 Å². The van der Waals surface area contributed by atoms with Gasteiger partial charge in [-0.3, -0.25) is 4.57 Å². The van der Waals surface area contributed by atoms with E-state index in [1.807, 2.05) is 24.3 Å². The lowest BCUT2D eigenvalue weighted by molar-refractivity contribution is -0.0612. The van der Waals surface area contributed by atoms with Gasteiger partial charge in [-0.1, -0.05) is 23.7 Å². The maximum absolute atomic E-state index is 10.5. The third kappa shape index (κ3) is 3.49. The second kappa shape index (κ2) is 7.73. The Bertz CT molecular complexity index is 1010. The van der Waals surface area contributed by atoms with Crippen molar-refractivity contribution in [3.05, 3.63) is 42.5 Å². The van der Waals surface area contributed by atoms with Crippen molar-refractivity contribution in [1.82, 2.24) is 19.5 Å². The monoisotopic (exact) mass is 421 g/mol. The number of alkyl halides is 1. The first kappa shape index (κ1) is 19.8. The number of fused-ring (bicyclic) bond motifs is 1. The van der Waals surface area contributed by atoms with Gasteiger partial charge >= 0.3 is 0 Å². The van der Waals surface area contributed by atoms with Gasteiger partial charge in [-0.25, -0.2) is 15.0 Å². The molecule has 1 fully saturated rings. The molecule has 4 N–H and O–H groups in total. The van der Waals surface area contributed by atoms with Crippen LogP contribution in [0.5, 0.6) is 5.75 Å². The fraction of sp³-hybridized carbons (Fsp3) is 0.389. The van der Waals surface area contributed by atoms with Gasteiger partial charge < -0.3 is 30.1 Å². The van der Waals surface area contributed by atoms with Gasteiger partial charge in [0.15, 0.2) is 23.2 Å². The van der Waals surface area contributed by atoms with Crippen LogP contribution in [0.2, 0.25) is 0 Å². The Morgan fingerprint density at radius 2 is 2.17 bits per heavy atom. The third-order valence-electron chi connectivity index (χ3n) is 4.80. The van der Waals surface area contributed by atoms with E-state index in [-0.39, 0.29) is 0 Å². The fourth-order valence-electron chi connectivity index (χ4n) is 3.27. The second-order valence-electron chi connectivity index (χ2n) is 6.63. The third-order valence-corrected chi connectivity index (χ3v) is 5.21. The highest BCUT2D eigenvalue weighted by molar-refractivity contribution is 6.23. The number of anilines is 1. The quantitative estimate of drug-likeness (QED) is 0.422. The van der Waals surface area contributed by atoms with E-state index in [4.69, 9.17) is 21.1 Å². The van der Waals surface area contributed by atoms with Crippen molar-refractivity contribution >= 4 is 28.6 Å². The summed E-state index contributed by atoms with van der Waals surface area (Å²) < 4.78 is 12.2. The second-order valence-corrected chi connectivity index (χ2v) is 7.24. The molecule has 0 amide bonds. The molecule has 0 spiro atoms. The molecule has 154 valence electrons. The minimum Gasteiger partial charge on any atom is -0.497 e. The molecule has 11 heteroatoms. The molecule has 1 aromatic carbocycles. The maximum Gasteiger partial charge on any atom is 0.212 e. The van der Waals surface area contributed by atoms with Crippen molar-refractivity contribution in [3.63, 3.8) is 0 Å². The topological polar surface area (TPSA) is 135 Å². The number of aromatic nitrogens is 4. The molecule has 3 aromatic rings. The van der Waals surface area contributed by atoms with Crippen molar-refractivity contribution in [3.8, 4) is 5.75 Å². The Balaban J connectivity index is 1.62. The molecule has 0 radical (unpaired) electrons. The lowest BCUT2D eigenvalue weighted by Crippen LogP contribution is -2.42. The minimum atomic E-state index is -2.15. The number of ether oxygens (including phenoxy) is 2. The Kier molecular flexibility index (Phi) is 5.28. The van der Waals surface area contributed by atoms with Crippen LogP contribution in [0.3, 0.4) is 0 Å². The van der Waals surface area contributed by atoms with E-state index < -0.39 is 30.1 Å². The predicted molar refractivity (Wildman–Crippen MR) is 103 cm³/mol. The molecule has 0 aliphatic carbocycles. The number of nitrogens with one attached hydrogen (secondary N) is 1. The summed E-state index contributed by atoms with van der Waals surface area (Å²) >= 11 is 6.11. The van der Waals surface area contributed by atoms with E-state index >= 15 is 0 Å². The molecule has 4 rings (SSSR count). The Labute approximate surface area is 170 Å². The molecule has 2 aromatic heterocycles. The van der Waals surface area contributed by atoms with Crippen LogP contribution < -0.4 is 10.1 Å². The highest BCUT2D eigenvalue weighted by Gasteiger charge is 2.55. The molecule has 10 nitrogen and oxygen atoms in total. The van der Waals surface area contributed by atoms with Gasteiger partial charge in [0.05, 0.1) is 20.0 Å². The predicted octanol–water partition coefficient (Wildman–Crippen LogP) is 0.625. The van der Waals surface area contributed by atoms with Gasteiger partial charge in [-0.15, -0.1) is 0 Å². The molecular weight excluding hydrogens is 402 g/mol. The van der Waals surface area contributed by atoms with Crippen molar-refractivity contribution < 1.29 is 24.8 Å². The van der Waals surface area contributed by atoms with E-state index in [2.05, 4.69) is 20.3 Å². The maximum atomic E-state index is 10.5. The van der Waals surface area contributed by atoms with Crippen molar-refractivity contribution in [2.24, 2.45) is 0 Å². The molecule has 4 atom stereocenters. The molecule has 0 unspecified atom stereocenters. The SMILES string of the molecule is COc1cccc(CNc2ncnc3c2ncn3[C@@H]2O[C@H](CO)[C@@H](O)[C@]2(O)Cl)c1. The van der Waals surface area contributed by atoms with Crippen molar-refractivity contribution in [2.75, 3.05) is 19.0 Å². The number of hydrogen-bond donors (Lipinski definition) is 4. The zero-order valence-corrected chi connectivity index (χ0v) is 16.2. The number of aliphatic hydroxyl groups excluding tert-OH is 2. The van der Waals surface area contributed by atoms with Crippen LogP contribution in [0.15, 0.2) is 36.9 Å². The van der Waals surface area contributed by atoms with Gasteiger partial charge in [0.2, 0.25) is 5.06 Å². The lowest BCUT2D eigenvalue weighted by Gasteiger charge is -2.24. The standard InChI is InChI=1S/C18H20ClN5O5/c1-28-11-4-2-3-10(5-11)6-20-15-13-16(22-8-21-15)24(9-23-13)17-18(19,27)14(26)12(7-25)29-17/h2-5,8-9,12,14,17,25-27H,6-7H2,1H3,(H,20,21,22)/t12-,14-,17-,18-/m1/s1. The first-order chi connectivity index (χ1) is 14.0. The average molecular weight is 422 g/mol. The lowest BCUT2D eigenvalue weighted by atomic mass is 10.1. The van der Waals surface area contributed by atoms with Crippen molar-refractivity contribution in [1.29, 1.82) is 0 Å². The van der Waals surface area contributed by atoms with Gasteiger partial charge in [0, 0.05) is 6.54 Å². The summed E-state index contributed by atoms with van der Waals surface area (Å²) in [5.41, 5.74) is 1.77. The molecule has 1 aliphatic heterocycles. The molecular formula is C18H20ClN5O5. The zero-order valence-electron chi connectivity index (χ0n) is 15.4. The number of nitrogens with zero attached hydrogens (tertiary/aromatic N) is 4. The molecule has 0 bridgehead atoms. The Hall–Kier alpha value is -2.50. The average Bonchev–Trinajstić information content (AvgIpc) is 3.25. The van der Waals surface area contributed by atoms with Gasteiger partial charge in [0.1, 0.15) is 24.3 Å². The molecule has 29 heavy (non-hydrogen) atoms. The summed E-state index contributed by atoms with van der Waals surface area (Å²) in [6.45, 7) is -0.0253. The highest BCUT2D eigenvalue weighted by atomic mass is 35.5. The smallest absolute Gasteiger partial charge is 0.212 e. The number of hydrogen-bond acceptors (Lipinski definition) is 9. The van der Waals surface area contributed by atoms with E-state index in [0.717, 1.165) is 11.3 Å². The Morgan fingerprint density at radius 3 is 2.90 bits per heavy atom. The van der Waals surface area contributed by atoms with Crippen LogP contribution in [0, 0.1) is 0 Å². The zero-order chi connectivity index (χ0) is 20.6. The number of rotatable bonds is 6. The van der Waals surface area contributed by atoms with Crippen LogP contribution in [0.4, 0.5) is 5.82 Å². The van der Waals surface area contributed by atoms with E-state index in [0.29, 0.717) is 23.5 Å².